The zero-order valence-electron chi connectivity index (χ0n) is 19.8. The van der Waals surface area contributed by atoms with Crippen molar-refractivity contribution in [3.8, 4) is 11.5 Å². The summed E-state index contributed by atoms with van der Waals surface area (Å²) < 4.78 is 5.19. The molecular formula is C27H25NO8. The summed E-state index contributed by atoms with van der Waals surface area (Å²) in [5.74, 6) is -5.00. The zero-order valence-corrected chi connectivity index (χ0v) is 19.8. The van der Waals surface area contributed by atoms with E-state index in [2.05, 4.69) is 0 Å². The van der Waals surface area contributed by atoms with Crippen LogP contribution in [-0.4, -0.2) is 58.1 Å². The van der Waals surface area contributed by atoms with E-state index < -0.39 is 41.5 Å². The monoisotopic (exact) mass is 491 g/mol. The van der Waals surface area contributed by atoms with Crippen molar-refractivity contribution < 1.29 is 38.9 Å². The first-order valence-electron chi connectivity index (χ1n) is 11.8. The molecule has 9 heteroatoms. The van der Waals surface area contributed by atoms with E-state index >= 15 is 0 Å². The van der Waals surface area contributed by atoms with Crippen LogP contribution in [0, 0.1) is 17.8 Å². The minimum Gasteiger partial charge on any atom is -0.507 e. The lowest BCUT2D eigenvalue weighted by Gasteiger charge is -2.42. The first-order valence-corrected chi connectivity index (χ1v) is 11.8. The Morgan fingerprint density at radius 1 is 1.14 bits per heavy atom. The van der Waals surface area contributed by atoms with E-state index in [1.165, 1.54) is 19.3 Å². The van der Waals surface area contributed by atoms with Crippen LogP contribution >= 0.6 is 0 Å². The zero-order chi connectivity index (χ0) is 25.9. The number of hydrogen-bond acceptors (Lipinski definition) is 7. The number of fused-ring (bicyclic) bond motifs is 3. The van der Waals surface area contributed by atoms with Gasteiger partial charge in [-0.1, -0.05) is 17.7 Å². The molecule has 1 aromatic carbocycles. The van der Waals surface area contributed by atoms with Crippen molar-refractivity contribution in [2.24, 2.45) is 17.8 Å². The third-order valence-corrected chi connectivity index (χ3v) is 7.75. The van der Waals surface area contributed by atoms with Gasteiger partial charge in [-0.15, -0.1) is 0 Å². The SMILES string of the molecule is COc1ccc(C2C3=CCC4C(=O)N(CCC(=O)O)C(=O)C4C3CC3=C2C(=O)C=C(C)C3=O)c(O)c1. The number of carboxylic acid groups (broad SMARTS) is 1. The van der Waals surface area contributed by atoms with Crippen LogP contribution in [-0.2, 0) is 24.0 Å². The van der Waals surface area contributed by atoms with Crippen molar-refractivity contribution in [3.05, 3.63) is 58.2 Å². The van der Waals surface area contributed by atoms with Crippen LogP contribution in [0.3, 0.4) is 0 Å². The van der Waals surface area contributed by atoms with Crippen molar-refractivity contribution in [2.75, 3.05) is 13.7 Å². The number of rotatable bonds is 5. The number of carboxylic acids is 1. The average molecular weight is 491 g/mol. The second-order valence-electron chi connectivity index (χ2n) is 9.63. The lowest BCUT2D eigenvalue weighted by Crippen LogP contribution is -2.40. The Bertz CT molecular complexity index is 1330. The number of phenolic OH excluding ortho intramolecular Hbond substituents is 1. The highest BCUT2D eigenvalue weighted by atomic mass is 16.5. The molecule has 0 saturated carbocycles. The second-order valence-corrected chi connectivity index (χ2v) is 9.63. The molecule has 4 atom stereocenters. The van der Waals surface area contributed by atoms with Crippen molar-refractivity contribution in [2.45, 2.75) is 32.1 Å². The van der Waals surface area contributed by atoms with Gasteiger partial charge in [-0.3, -0.25) is 28.9 Å². The molecule has 1 aromatic rings. The molecular weight excluding hydrogens is 466 g/mol. The van der Waals surface area contributed by atoms with Gasteiger partial charge in [-0.05, 0) is 37.8 Å². The summed E-state index contributed by atoms with van der Waals surface area (Å²) in [6.07, 6.45) is 3.17. The molecule has 186 valence electrons. The highest BCUT2D eigenvalue weighted by molar-refractivity contribution is 6.23. The molecule has 36 heavy (non-hydrogen) atoms. The number of ketones is 2. The van der Waals surface area contributed by atoms with Crippen LogP contribution in [0.2, 0.25) is 0 Å². The summed E-state index contributed by atoms with van der Waals surface area (Å²) in [5, 5.41) is 19.9. The summed E-state index contributed by atoms with van der Waals surface area (Å²) in [7, 11) is 1.46. The average Bonchev–Trinajstić information content (AvgIpc) is 3.09. The molecule has 2 amide bonds. The molecule has 1 aliphatic heterocycles. The van der Waals surface area contributed by atoms with Gasteiger partial charge in [0.2, 0.25) is 11.8 Å². The van der Waals surface area contributed by atoms with E-state index in [9.17, 15) is 29.1 Å². The maximum atomic E-state index is 13.4. The Kier molecular flexibility index (Phi) is 5.65. The number of imide groups is 1. The van der Waals surface area contributed by atoms with Crippen molar-refractivity contribution in [3.63, 3.8) is 0 Å². The number of aliphatic carboxylic acids is 1. The van der Waals surface area contributed by atoms with Crippen LogP contribution in [0.1, 0.15) is 37.7 Å². The Morgan fingerprint density at radius 3 is 2.56 bits per heavy atom. The molecule has 1 heterocycles. The van der Waals surface area contributed by atoms with Crippen molar-refractivity contribution in [1.29, 1.82) is 0 Å². The molecule has 1 saturated heterocycles. The highest BCUT2D eigenvalue weighted by Crippen LogP contribution is 2.56. The van der Waals surface area contributed by atoms with E-state index in [4.69, 9.17) is 9.84 Å². The Balaban J connectivity index is 1.63. The smallest absolute Gasteiger partial charge is 0.305 e. The number of methoxy groups -OCH3 is 1. The van der Waals surface area contributed by atoms with E-state index in [1.807, 2.05) is 6.08 Å². The molecule has 0 spiro atoms. The van der Waals surface area contributed by atoms with Gasteiger partial charge in [0.25, 0.3) is 0 Å². The fourth-order valence-electron chi connectivity index (χ4n) is 6.13. The Hall–Kier alpha value is -4.01. The molecule has 5 rings (SSSR count). The van der Waals surface area contributed by atoms with E-state index in [0.29, 0.717) is 28.0 Å². The van der Waals surface area contributed by atoms with Gasteiger partial charge in [-0.2, -0.15) is 0 Å². The van der Waals surface area contributed by atoms with Gasteiger partial charge < -0.3 is 14.9 Å². The summed E-state index contributed by atoms with van der Waals surface area (Å²) >= 11 is 0. The lowest BCUT2D eigenvalue weighted by molar-refractivity contribution is -0.142. The third kappa shape index (κ3) is 3.49. The molecule has 4 unspecified atom stereocenters. The highest BCUT2D eigenvalue weighted by Gasteiger charge is 2.56. The van der Waals surface area contributed by atoms with Gasteiger partial charge >= 0.3 is 5.97 Å². The number of hydrogen-bond donors (Lipinski definition) is 2. The minimum absolute atomic E-state index is 0.113. The van der Waals surface area contributed by atoms with Gasteiger partial charge in [0, 0.05) is 40.8 Å². The number of carbonyl (C=O) groups is 5. The second kappa shape index (κ2) is 8.58. The Morgan fingerprint density at radius 2 is 1.89 bits per heavy atom. The van der Waals surface area contributed by atoms with Crippen LogP contribution in [0.4, 0.5) is 0 Å². The number of Topliss-reactive ketones (excluding diaryl/α,β-unsaturated/α-hetero) is 1. The molecule has 3 aliphatic carbocycles. The molecule has 0 bridgehead atoms. The first-order chi connectivity index (χ1) is 17.1. The predicted molar refractivity (Wildman–Crippen MR) is 125 cm³/mol. The maximum Gasteiger partial charge on any atom is 0.305 e. The van der Waals surface area contributed by atoms with Gasteiger partial charge in [-0.25, -0.2) is 0 Å². The number of amides is 2. The standard InChI is InChI=1S/C27H25NO8/c1-12-9-20(30)24-18(25(12)33)11-17-14(22(24)15-4-3-13(36-2)10-19(15)29)5-6-16-23(17)27(35)28(26(16)34)8-7-21(31)32/h3-5,9-10,16-17,22-23,29H,6-8,11H2,1-2H3,(H,31,32). The van der Waals surface area contributed by atoms with E-state index in [-0.39, 0.29) is 48.7 Å². The van der Waals surface area contributed by atoms with Gasteiger partial charge in [0.1, 0.15) is 11.5 Å². The Labute approximate surface area is 206 Å². The number of likely N-dealkylation sites (tertiary alicyclic amines) is 1. The quantitative estimate of drug-likeness (QED) is 0.364. The lowest BCUT2D eigenvalue weighted by atomic mass is 9.59. The summed E-state index contributed by atoms with van der Waals surface area (Å²) in [4.78, 5) is 65.0. The summed E-state index contributed by atoms with van der Waals surface area (Å²) in [6.45, 7) is 1.36. The van der Waals surface area contributed by atoms with Crippen LogP contribution in [0.15, 0.2) is 52.6 Å². The minimum atomic E-state index is -1.11. The molecule has 0 radical (unpaired) electrons. The van der Waals surface area contributed by atoms with Crippen molar-refractivity contribution in [1.82, 2.24) is 4.90 Å². The molecule has 9 nitrogen and oxygen atoms in total. The molecule has 2 N–H and O–H groups in total. The number of benzene rings is 1. The van der Waals surface area contributed by atoms with Gasteiger partial charge in [0.15, 0.2) is 11.6 Å². The number of phenols is 1. The summed E-state index contributed by atoms with van der Waals surface area (Å²) in [5.41, 5.74) is 2.00. The normalized spacial score (nSPS) is 27.3. The molecule has 0 aromatic heterocycles. The third-order valence-electron chi connectivity index (χ3n) is 7.75. The topological polar surface area (TPSA) is 138 Å². The van der Waals surface area contributed by atoms with Crippen LogP contribution in [0.25, 0.3) is 0 Å². The fraction of sp³-hybridized carbons (Fsp3) is 0.370. The van der Waals surface area contributed by atoms with E-state index in [0.717, 1.165) is 4.90 Å². The summed E-state index contributed by atoms with van der Waals surface area (Å²) in [6, 6.07) is 4.72. The fourth-order valence-corrected chi connectivity index (χ4v) is 6.13. The van der Waals surface area contributed by atoms with Crippen LogP contribution in [0.5, 0.6) is 11.5 Å². The number of allylic oxidation sites excluding steroid dienone is 6. The molecule has 1 fully saturated rings. The van der Waals surface area contributed by atoms with Gasteiger partial charge in [0.05, 0.1) is 25.4 Å². The number of carbonyl (C=O) groups excluding carboxylic acids is 4. The number of nitrogens with zero attached hydrogens (tertiary/aromatic N) is 1. The number of ether oxygens (including phenoxy) is 1. The predicted octanol–water partition coefficient (Wildman–Crippen LogP) is 2.31. The molecule has 4 aliphatic rings. The first kappa shape index (κ1) is 23.7. The number of aromatic hydroxyl groups is 1. The largest absolute Gasteiger partial charge is 0.507 e. The van der Waals surface area contributed by atoms with E-state index in [1.54, 1.807) is 19.1 Å². The van der Waals surface area contributed by atoms with Crippen LogP contribution < -0.4 is 4.74 Å². The maximum absolute atomic E-state index is 13.4. The van der Waals surface area contributed by atoms with Crippen molar-refractivity contribution >= 4 is 29.4 Å².